The number of aromatic nitrogens is 1. The molecule has 5 heteroatoms. The van der Waals surface area contributed by atoms with Gasteiger partial charge in [-0.25, -0.2) is 4.98 Å². The summed E-state index contributed by atoms with van der Waals surface area (Å²) in [7, 11) is 1.46. The molecule has 16 heavy (non-hydrogen) atoms. The van der Waals surface area contributed by atoms with E-state index >= 15 is 0 Å². The Morgan fingerprint density at radius 2 is 2.25 bits per heavy atom. The van der Waals surface area contributed by atoms with Crippen LogP contribution in [0.3, 0.4) is 0 Å². The first-order valence-corrected chi connectivity index (χ1v) is 4.84. The number of carbonyl (C=O) groups excluding carboxylic acids is 1. The molecule has 1 aromatic heterocycles. The lowest BCUT2D eigenvalue weighted by atomic mass is 9.64. The normalized spacial score (nSPS) is 17.7. The molecular formula is C11H11NO4. The van der Waals surface area contributed by atoms with E-state index in [9.17, 15) is 14.7 Å². The van der Waals surface area contributed by atoms with Crippen LogP contribution in [0.2, 0.25) is 0 Å². The Kier molecular flexibility index (Phi) is 2.38. The molecule has 1 aliphatic carbocycles. The van der Waals surface area contributed by atoms with E-state index in [1.165, 1.54) is 13.3 Å². The molecule has 0 unspecified atom stereocenters. The largest absolute Gasteiger partial charge is 0.481 e. The highest BCUT2D eigenvalue weighted by molar-refractivity contribution is 6.01. The van der Waals surface area contributed by atoms with E-state index in [4.69, 9.17) is 4.74 Å². The van der Waals surface area contributed by atoms with Crippen molar-refractivity contribution in [2.24, 2.45) is 0 Å². The highest BCUT2D eigenvalue weighted by Crippen LogP contribution is 2.42. The van der Waals surface area contributed by atoms with Gasteiger partial charge in [-0.1, -0.05) is 0 Å². The highest BCUT2D eigenvalue weighted by Gasteiger charge is 2.51. The Hall–Kier alpha value is -1.91. The number of carboxylic acid groups (broad SMARTS) is 1. The predicted molar refractivity (Wildman–Crippen MR) is 54.3 cm³/mol. The van der Waals surface area contributed by atoms with Crippen LogP contribution in [-0.4, -0.2) is 29.0 Å². The molecule has 1 N–H and O–H groups in total. The fraction of sp³-hybridized carbons (Fsp3) is 0.364. The van der Waals surface area contributed by atoms with Crippen LogP contribution in [0.5, 0.6) is 5.88 Å². The third-order valence-corrected chi connectivity index (χ3v) is 2.90. The fourth-order valence-electron chi connectivity index (χ4n) is 1.92. The number of methoxy groups -OCH3 is 1. The summed E-state index contributed by atoms with van der Waals surface area (Å²) >= 11 is 0. The van der Waals surface area contributed by atoms with Gasteiger partial charge in [0.1, 0.15) is 11.2 Å². The summed E-state index contributed by atoms with van der Waals surface area (Å²) in [4.78, 5) is 26.2. The van der Waals surface area contributed by atoms with E-state index in [2.05, 4.69) is 4.98 Å². The van der Waals surface area contributed by atoms with Crippen LogP contribution in [0.1, 0.15) is 18.4 Å². The van der Waals surface area contributed by atoms with E-state index < -0.39 is 11.4 Å². The number of Topliss-reactive ketones (excluding diaryl/α,β-unsaturated/α-hetero) is 1. The minimum atomic E-state index is -1.08. The lowest BCUT2D eigenvalue weighted by Crippen LogP contribution is -2.48. The van der Waals surface area contributed by atoms with E-state index in [-0.39, 0.29) is 18.6 Å². The summed E-state index contributed by atoms with van der Waals surface area (Å²) < 4.78 is 4.94. The van der Waals surface area contributed by atoms with Gasteiger partial charge in [-0.15, -0.1) is 0 Å². The maximum Gasteiger partial charge on any atom is 0.315 e. The molecule has 0 bridgehead atoms. The molecule has 1 saturated carbocycles. The standard InChI is InChI=1S/C11H11NO4/c1-16-9-4-7(2-3-12-9)11(10(14)15)5-8(13)6-11/h2-4H,5-6H2,1H3,(H,14,15). The topological polar surface area (TPSA) is 76.5 Å². The first-order valence-electron chi connectivity index (χ1n) is 4.84. The molecule has 0 saturated heterocycles. The van der Waals surface area contributed by atoms with E-state index in [0.717, 1.165) is 0 Å². The van der Waals surface area contributed by atoms with Gasteiger partial charge >= 0.3 is 5.97 Å². The molecule has 0 atom stereocenters. The highest BCUT2D eigenvalue weighted by atomic mass is 16.5. The third kappa shape index (κ3) is 1.44. The summed E-state index contributed by atoms with van der Waals surface area (Å²) in [5, 5.41) is 9.21. The van der Waals surface area contributed by atoms with E-state index in [1.807, 2.05) is 0 Å². The number of pyridine rings is 1. The zero-order valence-corrected chi connectivity index (χ0v) is 8.77. The maximum absolute atomic E-state index is 11.2. The molecule has 0 radical (unpaired) electrons. The lowest BCUT2D eigenvalue weighted by Gasteiger charge is -2.36. The minimum Gasteiger partial charge on any atom is -0.481 e. The second-order valence-electron chi connectivity index (χ2n) is 3.87. The molecule has 5 nitrogen and oxygen atoms in total. The van der Waals surface area contributed by atoms with Crippen LogP contribution >= 0.6 is 0 Å². The zero-order valence-electron chi connectivity index (χ0n) is 8.77. The van der Waals surface area contributed by atoms with Crippen molar-refractivity contribution in [1.82, 2.24) is 4.98 Å². The first-order chi connectivity index (χ1) is 7.58. The lowest BCUT2D eigenvalue weighted by molar-refractivity contribution is -0.153. The summed E-state index contributed by atoms with van der Waals surface area (Å²) in [5.74, 6) is -0.643. The number of rotatable bonds is 3. The van der Waals surface area contributed by atoms with Crippen molar-refractivity contribution < 1.29 is 19.4 Å². The SMILES string of the molecule is COc1cc(C2(C(=O)O)CC(=O)C2)ccn1. The number of ether oxygens (including phenoxy) is 1. The van der Waals surface area contributed by atoms with Gasteiger partial charge in [0.15, 0.2) is 0 Å². The number of hydrogen-bond acceptors (Lipinski definition) is 4. The Morgan fingerprint density at radius 1 is 1.56 bits per heavy atom. The van der Waals surface area contributed by atoms with Gasteiger partial charge in [-0.2, -0.15) is 0 Å². The molecule has 84 valence electrons. The molecular weight excluding hydrogens is 210 g/mol. The van der Waals surface area contributed by atoms with Gasteiger partial charge in [0, 0.05) is 25.1 Å². The summed E-state index contributed by atoms with van der Waals surface area (Å²) in [6.45, 7) is 0. The summed E-state index contributed by atoms with van der Waals surface area (Å²) in [5.41, 5.74) is -0.501. The smallest absolute Gasteiger partial charge is 0.315 e. The van der Waals surface area contributed by atoms with Gasteiger partial charge in [0.2, 0.25) is 5.88 Å². The quantitative estimate of drug-likeness (QED) is 0.816. The van der Waals surface area contributed by atoms with Crippen molar-refractivity contribution in [3.05, 3.63) is 23.9 Å². The first kappa shape index (κ1) is 10.6. The molecule has 1 heterocycles. The van der Waals surface area contributed by atoms with Crippen molar-refractivity contribution in [3.8, 4) is 5.88 Å². The Bertz CT molecular complexity index is 447. The second-order valence-corrected chi connectivity index (χ2v) is 3.87. The number of nitrogens with zero attached hydrogens (tertiary/aromatic N) is 1. The van der Waals surface area contributed by atoms with Gasteiger partial charge in [0.25, 0.3) is 0 Å². The Balaban J connectivity index is 2.40. The minimum absolute atomic E-state index is 0.0295. The van der Waals surface area contributed by atoms with Gasteiger partial charge in [0.05, 0.1) is 7.11 Å². The molecule has 1 aliphatic rings. The van der Waals surface area contributed by atoms with Crippen molar-refractivity contribution in [2.75, 3.05) is 7.11 Å². The fourth-order valence-corrected chi connectivity index (χ4v) is 1.92. The van der Waals surface area contributed by atoms with Crippen molar-refractivity contribution in [2.45, 2.75) is 18.3 Å². The number of carboxylic acids is 1. The van der Waals surface area contributed by atoms with Crippen LogP contribution in [0.4, 0.5) is 0 Å². The van der Waals surface area contributed by atoms with Crippen LogP contribution in [0, 0.1) is 0 Å². The van der Waals surface area contributed by atoms with E-state index in [1.54, 1.807) is 12.1 Å². The molecule has 0 spiro atoms. The van der Waals surface area contributed by atoms with Crippen molar-refractivity contribution in [1.29, 1.82) is 0 Å². The average Bonchev–Trinajstić information content (AvgIpc) is 2.24. The van der Waals surface area contributed by atoms with E-state index in [0.29, 0.717) is 11.4 Å². The van der Waals surface area contributed by atoms with Crippen molar-refractivity contribution >= 4 is 11.8 Å². The molecule has 0 aliphatic heterocycles. The van der Waals surface area contributed by atoms with Gasteiger partial charge in [-0.05, 0) is 11.6 Å². The molecule has 0 aromatic carbocycles. The third-order valence-electron chi connectivity index (χ3n) is 2.90. The molecule has 2 rings (SSSR count). The summed E-state index contributed by atoms with van der Waals surface area (Å²) in [6.07, 6.45) is 1.59. The zero-order chi connectivity index (χ0) is 11.8. The monoisotopic (exact) mass is 221 g/mol. The van der Waals surface area contributed by atoms with Crippen LogP contribution in [0.15, 0.2) is 18.3 Å². The second kappa shape index (κ2) is 3.59. The number of carbonyl (C=O) groups is 2. The van der Waals surface area contributed by atoms with Crippen LogP contribution in [0.25, 0.3) is 0 Å². The van der Waals surface area contributed by atoms with Gasteiger partial charge < -0.3 is 9.84 Å². The maximum atomic E-state index is 11.2. The van der Waals surface area contributed by atoms with Crippen LogP contribution < -0.4 is 4.74 Å². The number of aliphatic carboxylic acids is 1. The molecule has 1 aromatic rings. The predicted octanol–water partition coefficient (Wildman–Crippen LogP) is 0.776. The molecule has 0 amide bonds. The van der Waals surface area contributed by atoms with Crippen LogP contribution in [-0.2, 0) is 15.0 Å². The van der Waals surface area contributed by atoms with Crippen molar-refractivity contribution in [3.63, 3.8) is 0 Å². The number of ketones is 1. The Morgan fingerprint density at radius 3 is 2.75 bits per heavy atom. The Labute approximate surface area is 92.1 Å². The average molecular weight is 221 g/mol. The summed E-state index contributed by atoms with van der Waals surface area (Å²) in [6, 6.07) is 3.18. The number of hydrogen-bond donors (Lipinski definition) is 1. The molecule has 1 fully saturated rings. The van der Waals surface area contributed by atoms with Gasteiger partial charge in [-0.3, -0.25) is 9.59 Å².